The lowest BCUT2D eigenvalue weighted by atomic mass is 9.93. The Balaban J connectivity index is 1.84. The molecule has 188 valence electrons. The Hall–Kier alpha value is -4.61. The van der Waals surface area contributed by atoms with Gasteiger partial charge in [-0.3, -0.25) is 4.79 Å². The summed E-state index contributed by atoms with van der Waals surface area (Å²) in [6, 6.07) is 17.0. The Morgan fingerprint density at radius 3 is 2.49 bits per heavy atom. The summed E-state index contributed by atoms with van der Waals surface area (Å²) in [6.45, 7) is 2.32. The Labute approximate surface area is 215 Å². The number of hydrogen-bond acceptors (Lipinski definition) is 8. The van der Waals surface area contributed by atoms with Crippen LogP contribution >= 0.6 is 0 Å². The fourth-order valence-corrected chi connectivity index (χ4v) is 3.91. The number of hydrogen-bond donors (Lipinski definition) is 1. The van der Waals surface area contributed by atoms with Gasteiger partial charge in [-0.2, -0.15) is 0 Å². The maximum atomic E-state index is 11.1. The lowest BCUT2D eigenvalue weighted by molar-refractivity contribution is -0.141. The van der Waals surface area contributed by atoms with Gasteiger partial charge in [0.1, 0.15) is 26.1 Å². The van der Waals surface area contributed by atoms with E-state index in [0.29, 0.717) is 41.6 Å². The second-order valence-corrected chi connectivity index (χ2v) is 8.06. The quantitative estimate of drug-likeness (QED) is 0.148. The number of methoxy groups -OCH3 is 1. The second-order valence-electron chi connectivity index (χ2n) is 8.06. The number of fused-ring (bicyclic) bond motifs is 1. The third kappa shape index (κ3) is 5.97. The van der Waals surface area contributed by atoms with E-state index in [1.165, 1.54) is 13.3 Å². The van der Waals surface area contributed by atoms with Crippen molar-refractivity contribution in [3.8, 4) is 46.2 Å². The molecule has 1 heterocycles. The van der Waals surface area contributed by atoms with Crippen LogP contribution in [0.5, 0.6) is 11.5 Å². The van der Waals surface area contributed by atoms with E-state index in [9.17, 15) is 4.79 Å². The smallest absolute Gasteiger partial charge is 0.302 e. The van der Waals surface area contributed by atoms with Crippen LogP contribution < -0.4 is 15.2 Å². The summed E-state index contributed by atoms with van der Waals surface area (Å²) in [5, 5.41) is 0.719. The van der Waals surface area contributed by atoms with Gasteiger partial charge in [0, 0.05) is 42.3 Å². The summed E-state index contributed by atoms with van der Waals surface area (Å²) >= 11 is 0. The van der Waals surface area contributed by atoms with Gasteiger partial charge in [0.15, 0.2) is 11.5 Å². The van der Waals surface area contributed by atoms with E-state index in [1.54, 1.807) is 13.2 Å². The summed E-state index contributed by atoms with van der Waals surface area (Å²) in [6.07, 6.45) is 7.13. The first kappa shape index (κ1) is 25.5. The van der Waals surface area contributed by atoms with E-state index in [2.05, 4.69) is 15.9 Å². The molecule has 0 unspecified atom stereocenters. The van der Waals surface area contributed by atoms with Crippen molar-refractivity contribution >= 4 is 22.6 Å². The molecule has 0 aliphatic rings. The van der Waals surface area contributed by atoms with Crippen molar-refractivity contribution in [1.82, 2.24) is 9.97 Å². The molecule has 0 spiro atoms. The van der Waals surface area contributed by atoms with E-state index in [-0.39, 0.29) is 19.2 Å². The van der Waals surface area contributed by atoms with Gasteiger partial charge in [0.05, 0.1) is 17.8 Å². The standard InChI is InChI=1S/C29H27N3O5/c1-4-20-7-5-8-21(15-20)22-9-6-10-24(30)28(22)29-23-16-26(37-14-13-35-19(2)33)27(36-12-11-34-3)17-25(23)31-18-32-29/h1,5-10,15-18H,11-14,30H2,2-3H3. The molecule has 8 heteroatoms. The number of nitrogen functional groups attached to an aromatic ring is 1. The molecule has 4 rings (SSSR count). The van der Waals surface area contributed by atoms with Crippen LogP contribution in [0.2, 0.25) is 0 Å². The average Bonchev–Trinajstić information content (AvgIpc) is 2.91. The molecular weight excluding hydrogens is 470 g/mol. The molecule has 1 aromatic heterocycles. The summed E-state index contributed by atoms with van der Waals surface area (Å²) in [4.78, 5) is 20.2. The van der Waals surface area contributed by atoms with Crippen molar-refractivity contribution in [3.63, 3.8) is 0 Å². The Kier molecular flexibility index (Phi) is 8.18. The molecule has 3 aromatic carbocycles. The number of esters is 1. The summed E-state index contributed by atoms with van der Waals surface area (Å²) < 4.78 is 21.9. The van der Waals surface area contributed by atoms with Gasteiger partial charge in [-0.05, 0) is 35.4 Å². The van der Waals surface area contributed by atoms with Crippen LogP contribution in [0.3, 0.4) is 0 Å². The molecule has 4 aromatic rings. The van der Waals surface area contributed by atoms with Gasteiger partial charge in [0.2, 0.25) is 0 Å². The molecule has 2 N–H and O–H groups in total. The molecule has 0 radical (unpaired) electrons. The van der Waals surface area contributed by atoms with E-state index >= 15 is 0 Å². The van der Waals surface area contributed by atoms with Crippen LogP contribution in [-0.4, -0.2) is 49.5 Å². The van der Waals surface area contributed by atoms with Gasteiger partial charge in [-0.1, -0.05) is 30.2 Å². The Bertz CT molecular complexity index is 1460. The number of rotatable bonds is 10. The van der Waals surface area contributed by atoms with Crippen molar-refractivity contribution in [3.05, 3.63) is 66.5 Å². The lowest BCUT2D eigenvalue weighted by Gasteiger charge is -2.17. The summed E-state index contributed by atoms with van der Waals surface area (Å²) in [5.74, 6) is 3.24. The molecule has 0 aliphatic carbocycles. The number of benzene rings is 3. The highest BCUT2D eigenvalue weighted by Crippen LogP contribution is 2.41. The van der Waals surface area contributed by atoms with Crippen LogP contribution in [0.15, 0.2) is 60.9 Å². The minimum absolute atomic E-state index is 0.102. The van der Waals surface area contributed by atoms with E-state index < -0.39 is 0 Å². The fraction of sp³-hybridized carbons (Fsp3) is 0.207. The minimum Gasteiger partial charge on any atom is -0.487 e. The largest absolute Gasteiger partial charge is 0.487 e. The SMILES string of the molecule is C#Cc1cccc(-c2cccc(N)c2-c2ncnc3cc(OCCOC)c(OCCOC(C)=O)cc23)c1. The van der Waals surface area contributed by atoms with E-state index in [0.717, 1.165) is 27.6 Å². The van der Waals surface area contributed by atoms with Crippen molar-refractivity contribution in [2.75, 3.05) is 39.3 Å². The first-order valence-corrected chi connectivity index (χ1v) is 11.6. The predicted molar refractivity (Wildman–Crippen MR) is 142 cm³/mol. The van der Waals surface area contributed by atoms with Gasteiger partial charge in [-0.25, -0.2) is 9.97 Å². The van der Waals surface area contributed by atoms with Gasteiger partial charge < -0.3 is 24.7 Å². The molecule has 0 fully saturated rings. The monoisotopic (exact) mass is 497 g/mol. The minimum atomic E-state index is -0.379. The average molecular weight is 498 g/mol. The molecule has 0 aliphatic heterocycles. The number of nitrogens with two attached hydrogens (primary N) is 1. The zero-order chi connectivity index (χ0) is 26.2. The Morgan fingerprint density at radius 2 is 1.73 bits per heavy atom. The number of carbonyl (C=O) groups is 1. The number of terminal acetylenes is 1. The predicted octanol–water partition coefficient (Wildman–Crippen LogP) is 4.49. The van der Waals surface area contributed by atoms with E-state index in [4.69, 9.17) is 31.1 Å². The first-order chi connectivity index (χ1) is 18.0. The highest BCUT2D eigenvalue weighted by atomic mass is 16.6. The van der Waals surface area contributed by atoms with Crippen molar-refractivity contribution in [2.24, 2.45) is 0 Å². The van der Waals surface area contributed by atoms with Gasteiger partial charge in [0.25, 0.3) is 0 Å². The Morgan fingerprint density at radius 1 is 0.973 bits per heavy atom. The maximum absolute atomic E-state index is 11.1. The molecular formula is C29H27N3O5. The lowest BCUT2D eigenvalue weighted by Crippen LogP contribution is -2.11. The molecule has 0 bridgehead atoms. The number of ether oxygens (including phenoxy) is 4. The van der Waals surface area contributed by atoms with Crippen molar-refractivity contribution in [1.29, 1.82) is 0 Å². The van der Waals surface area contributed by atoms with Gasteiger partial charge in [-0.15, -0.1) is 6.42 Å². The number of nitrogens with zero attached hydrogens (tertiary/aromatic N) is 2. The molecule has 8 nitrogen and oxygen atoms in total. The number of aromatic nitrogens is 2. The van der Waals surface area contributed by atoms with E-state index in [1.807, 2.05) is 48.5 Å². The molecule has 0 amide bonds. The molecule has 0 saturated heterocycles. The fourth-order valence-electron chi connectivity index (χ4n) is 3.91. The third-order valence-corrected chi connectivity index (χ3v) is 5.57. The summed E-state index contributed by atoms with van der Waals surface area (Å²) in [7, 11) is 1.60. The second kappa shape index (κ2) is 11.9. The normalized spacial score (nSPS) is 10.6. The van der Waals surface area contributed by atoms with Gasteiger partial charge >= 0.3 is 5.97 Å². The zero-order valence-electron chi connectivity index (χ0n) is 20.7. The summed E-state index contributed by atoms with van der Waals surface area (Å²) in [5.41, 5.74) is 11.7. The maximum Gasteiger partial charge on any atom is 0.302 e. The first-order valence-electron chi connectivity index (χ1n) is 11.6. The van der Waals surface area contributed by atoms with Crippen molar-refractivity contribution in [2.45, 2.75) is 6.92 Å². The highest BCUT2D eigenvalue weighted by Gasteiger charge is 2.18. The van der Waals surface area contributed by atoms with Crippen LogP contribution in [0.4, 0.5) is 5.69 Å². The van der Waals surface area contributed by atoms with Crippen molar-refractivity contribution < 1.29 is 23.7 Å². The number of carbonyl (C=O) groups excluding carboxylic acids is 1. The highest BCUT2D eigenvalue weighted by molar-refractivity contribution is 6.01. The van der Waals surface area contributed by atoms with Crippen LogP contribution in [0.25, 0.3) is 33.3 Å². The zero-order valence-corrected chi connectivity index (χ0v) is 20.7. The molecule has 37 heavy (non-hydrogen) atoms. The third-order valence-electron chi connectivity index (χ3n) is 5.57. The van der Waals surface area contributed by atoms with Crippen LogP contribution in [-0.2, 0) is 14.3 Å². The van der Waals surface area contributed by atoms with Crippen LogP contribution in [0, 0.1) is 12.3 Å². The molecule has 0 saturated carbocycles. The number of anilines is 1. The topological polar surface area (TPSA) is 106 Å². The molecule has 0 atom stereocenters. The van der Waals surface area contributed by atoms with Crippen LogP contribution in [0.1, 0.15) is 12.5 Å².